The molecule has 8 heteroatoms. The third-order valence-corrected chi connectivity index (χ3v) is 2.33. The zero-order valence-electron chi connectivity index (χ0n) is 7.56. The predicted molar refractivity (Wildman–Crippen MR) is 44.6 cm³/mol. The molecule has 0 atom stereocenters. The van der Waals surface area contributed by atoms with E-state index in [1.807, 2.05) is 0 Å². The Morgan fingerprint density at radius 1 is 1.33 bits per heavy atom. The second-order valence-electron chi connectivity index (χ2n) is 2.03. The van der Waals surface area contributed by atoms with Gasteiger partial charge in [-0.2, -0.15) is 0 Å². The second-order valence-corrected chi connectivity index (χ2v) is 3.58. The van der Waals surface area contributed by atoms with Crippen LogP contribution in [0.1, 0.15) is 10.4 Å². The molecule has 0 saturated heterocycles. The minimum atomic E-state index is -0.127. The van der Waals surface area contributed by atoms with Crippen molar-refractivity contribution in [3.05, 3.63) is 29.8 Å². The van der Waals surface area contributed by atoms with Crippen LogP contribution in [0.5, 0.6) is 0 Å². The van der Waals surface area contributed by atoms with Gasteiger partial charge in [-0.05, 0) is 0 Å². The first-order valence-electron chi connectivity index (χ1n) is 3.18. The monoisotopic (exact) mass is 484 g/mol. The minimum Gasteiger partial charge on any atom is 0 e. The van der Waals surface area contributed by atoms with Gasteiger partial charge in [-0.25, -0.2) is 0 Å². The summed E-state index contributed by atoms with van der Waals surface area (Å²) in [6, 6.07) is 6.53. The van der Waals surface area contributed by atoms with Gasteiger partial charge in [-0.15, -0.1) is 0 Å². The average Bonchev–Trinajstić information content (AvgIpc) is 2.15. The summed E-state index contributed by atoms with van der Waals surface area (Å²) in [5, 5.41) is 12.6. The van der Waals surface area contributed by atoms with Crippen LogP contribution in [0, 0.1) is 0 Å². The van der Waals surface area contributed by atoms with Crippen LogP contribution in [-0.2, 0) is 31.8 Å². The summed E-state index contributed by atoms with van der Waals surface area (Å²) in [7, 11) is 0. The molecule has 0 saturated carbocycles. The van der Waals surface area contributed by atoms with Gasteiger partial charge < -0.3 is 0 Å². The van der Waals surface area contributed by atoms with Crippen LogP contribution >= 0.6 is 12.0 Å². The standard InChI is InChI=1S/C7H5O4SSe.Au.Na/c8-7(13)5-1-3-6(4-2-5)12-11-10-9;;/h1-4,9H;;/q;;+1/p-1. The van der Waals surface area contributed by atoms with Gasteiger partial charge in [0.05, 0.1) is 0 Å². The number of rotatable bonds is 4. The van der Waals surface area contributed by atoms with Crippen molar-refractivity contribution in [3.8, 4) is 0 Å². The van der Waals surface area contributed by atoms with Crippen LogP contribution in [0.3, 0.4) is 0 Å². The van der Waals surface area contributed by atoms with Gasteiger partial charge in [0, 0.05) is 22.4 Å². The summed E-state index contributed by atoms with van der Waals surface area (Å²) in [4.78, 5) is 11.5. The zero-order chi connectivity index (χ0) is 9.68. The molecule has 0 N–H and O–H groups in total. The Morgan fingerprint density at radius 2 is 1.87 bits per heavy atom. The van der Waals surface area contributed by atoms with Crippen molar-refractivity contribution in [2.45, 2.75) is 4.90 Å². The third kappa shape index (κ3) is 7.33. The van der Waals surface area contributed by atoms with Gasteiger partial charge in [0.2, 0.25) is 0 Å². The molecule has 0 aliphatic heterocycles. The Kier molecular flexibility index (Phi) is 13.2. The van der Waals surface area contributed by atoms with E-state index in [1.165, 1.54) is 0 Å². The molecule has 0 amide bonds. The van der Waals surface area contributed by atoms with Crippen molar-refractivity contribution < 1.29 is 71.4 Å². The van der Waals surface area contributed by atoms with Gasteiger partial charge in [0.25, 0.3) is 0 Å². The van der Waals surface area contributed by atoms with Crippen LogP contribution < -0.4 is 34.8 Å². The number of hydrogen-bond acceptors (Lipinski definition) is 5. The quantitative estimate of drug-likeness (QED) is 0.201. The number of benzene rings is 1. The van der Waals surface area contributed by atoms with E-state index in [0.29, 0.717) is 10.5 Å². The molecule has 80 valence electrons. The van der Waals surface area contributed by atoms with Crippen molar-refractivity contribution in [1.29, 1.82) is 0 Å². The normalized spacial score (nSPS) is 8.60. The van der Waals surface area contributed by atoms with Crippen molar-refractivity contribution in [3.63, 3.8) is 0 Å². The molecule has 1 aromatic carbocycles. The SMILES string of the molecule is O=C([Se])c1ccc(SOO[O-])cc1.[Au].[Na+]. The molecule has 0 fully saturated rings. The molecule has 0 heterocycles. The maximum Gasteiger partial charge on any atom is 1.00 e. The van der Waals surface area contributed by atoms with Crippen LogP contribution in [0.15, 0.2) is 29.2 Å². The largest absolute Gasteiger partial charge is 1.00 e. The molecule has 0 aromatic heterocycles. The van der Waals surface area contributed by atoms with Crippen LogP contribution in [0.25, 0.3) is 0 Å². The maximum atomic E-state index is 10.8. The second kappa shape index (κ2) is 10.5. The Morgan fingerprint density at radius 3 is 2.27 bits per heavy atom. The Labute approximate surface area is 137 Å². The fraction of sp³-hybridized carbons (Fsp3) is 0. The summed E-state index contributed by atoms with van der Waals surface area (Å²) in [6.45, 7) is 0. The number of carbonyl (C=O) groups excluding carboxylic acids is 1. The molecule has 0 aliphatic rings. The molecule has 0 spiro atoms. The Balaban J connectivity index is 0. The topological polar surface area (TPSA) is 58.6 Å². The summed E-state index contributed by atoms with van der Waals surface area (Å²) in [5.74, 6) is 0. The predicted octanol–water partition coefficient (Wildman–Crippen LogP) is -2.77. The van der Waals surface area contributed by atoms with Crippen molar-refractivity contribution >= 4 is 32.7 Å². The van der Waals surface area contributed by atoms with Gasteiger partial charge in [0.15, 0.2) is 0 Å². The summed E-state index contributed by atoms with van der Waals surface area (Å²) in [6.07, 6.45) is 0. The van der Waals surface area contributed by atoms with Crippen molar-refractivity contribution in [1.82, 2.24) is 0 Å². The zero-order valence-corrected chi connectivity index (χ0v) is 14.3. The van der Waals surface area contributed by atoms with Crippen molar-refractivity contribution in [2.75, 3.05) is 0 Å². The van der Waals surface area contributed by atoms with E-state index in [2.05, 4.69) is 25.4 Å². The molecule has 0 aliphatic carbocycles. The van der Waals surface area contributed by atoms with E-state index in [1.54, 1.807) is 24.3 Å². The maximum absolute atomic E-state index is 10.8. The molecule has 1 aromatic rings. The van der Waals surface area contributed by atoms with Gasteiger partial charge in [-0.1, -0.05) is 0 Å². The fourth-order valence-corrected chi connectivity index (χ4v) is 1.34. The van der Waals surface area contributed by atoms with Crippen LogP contribution in [0.4, 0.5) is 0 Å². The summed E-state index contributed by atoms with van der Waals surface area (Å²) < 4.78 is 3.96. The molecule has 15 heavy (non-hydrogen) atoms. The smallest absolute Gasteiger partial charge is 0 e. The average molecular weight is 483 g/mol. The number of hydrogen-bond donors (Lipinski definition) is 0. The van der Waals surface area contributed by atoms with E-state index in [9.17, 15) is 10.1 Å². The molecule has 0 unspecified atom stereocenters. The van der Waals surface area contributed by atoms with E-state index < -0.39 is 0 Å². The van der Waals surface area contributed by atoms with Crippen LogP contribution in [0.2, 0.25) is 0 Å². The van der Waals surface area contributed by atoms with Crippen molar-refractivity contribution in [2.24, 2.45) is 0 Å². The van der Waals surface area contributed by atoms with E-state index >= 15 is 0 Å². The Bertz CT molecular complexity index is 298. The number of carbonyl (C=O) groups is 1. The minimum absolute atomic E-state index is 0. The van der Waals surface area contributed by atoms with Gasteiger partial charge >= 0.3 is 116 Å². The molecule has 1 rings (SSSR count). The first-order chi connectivity index (χ1) is 6.24. The molecular weight excluding hydrogens is 479 g/mol. The molecule has 0 bridgehead atoms. The summed E-state index contributed by atoms with van der Waals surface area (Å²) in [5.41, 5.74) is 0.562. The first-order valence-corrected chi connectivity index (χ1v) is 4.78. The third-order valence-electron chi connectivity index (χ3n) is 1.25. The molecule has 4 nitrogen and oxygen atoms in total. The van der Waals surface area contributed by atoms with Gasteiger partial charge in [0.1, 0.15) is 0 Å². The van der Waals surface area contributed by atoms with E-state index in [0.717, 1.165) is 12.0 Å². The van der Waals surface area contributed by atoms with Crippen LogP contribution in [-0.4, -0.2) is 20.7 Å². The van der Waals surface area contributed by atoms with Gasteiger partial charge in [-0.3, -0.25) is 0 Å². The molecule has 2 radical (unpaired) electrons. The van der Waals surface area contributed by atoms with E-state index in [-0.39, 0.29) is 56.6 Å². The van der Waals surface area contributed by atoms with E-state index in [4.69, 9.17) is 0 Å². The summed E-state index contributed by atoms with van der Waals surface area (Å²) >= 11 is 3.15. The first kappa shape index (κ1) is 18.7. The fourth-order valence-electron chi connectivity index (χ4n) is 0.700. The Hall–Kier alpha value is 1.38. The molecular formula is C7H4AuNaO4SSe.